The lowest BCUT2D eigenvalue weighted by Crippen LogP contribution is -2.48. The van der Waals surface area contributed by atoms with Gasteiger partial charge in [0, 0.05) is 6.54 Å². The molecule has 1 aliphatic carbocycles. The van der Waals surface area contributed by atoms with E-state index in [2.05, 4.69) is 6.92 Å². The second kappa shape index (κ2) is 4.92. The molecule has 1 unspecified atom stereocenters. The second-order valence-corrected chi connectivity index (χ2v) is 4.87. The van der Waals surface area contributed by atoms with Crippen LogP contribution < -0.4 is 5.73 Å². The molecule has 96 valence electrons. The molecular formula is C11H20F3NO. The van der Waals surface area contributed by atoms with Crippen molar-refractivity contribution in [2.24, 2.45) is 11.7 Å². The second-order valence-electron chi connectivity index (χ2n) is 4.87. The highest BCUT2D eigenvalue weighted by molar-refractivity contribution is 4.88. The molecule has 0 bridgehead atoms. The third-order valence-corrected chi connectivity index (χ3v) is 3.45. The van der Waals surface area contributed by atoms with E-state index in [1.165, 1.54) is 0 Å². The molecule has 0 aromatic rings. The van der Waals surface area contributed by atoms with Crippen molar-refractivity contribution in [1.29, 1.82) is 0 Å². The minimum atomic E-state index is -4.30. The lowest BCUT2D eigenvalue weighted by molar-refractivity contribution is -0.251. The summed E-state index contributed by atoms with van der Waals surface area (Å²) in [6, 6.07) is 0. The number of nitrogens with two attached hydrogens (primary N) is 1. The highest BCUT2D eigenvalue weighted by Gasteiger charge is 2.44. The quantitative estimate of drug-likeness (QED) is 0.822. The zero-order valence-corrected chi connectivity index (χ0v) is 9.81. The van der Waals surface area contributed by atoms with E-state index in [1.54, 1.807) is 0 Å². The molecule has 1 saturated carbocycles. The highest BCUT2D eigenvalue weighted by Crippen LogP contribution is 2.37. The van der Waals surface area contributed by atoms with Gasteiger partial charge in [-0.2, -0.15) is 13.2 Å². The molecule has 16 heavy (non-hydrogen) atoms. The minimum Gasteiger partial charge on any atom is -0.361 e. The van der Waals surface area contributed by atoms with Crippen LogP contribution in [-0.4, -0.2) is 24.4 Å². The van der Waals surface area contributed by atoms with Gasteiger partial charge >= 0.3 is 6.18 Å². The van der Waals surface area contributed by atoms with Crippen molar-refractivity contribution in [3.8, 4) is 0 Å². The monoisotopic (exact) mass is 239 g/mol. The molecule has 5 heteroatoms. The molecule has 0 heterocycles. The first-order valence-electron chi connectivity index (χ1n) is 5.74. The number of hydrogen-bond acceptors (Lipinski definition) is 2. The van der Waals surface area contributed by atoms with Crippen molar-refractivity contribution in [3.05, 3.63) is 0 Å². The minimum absolute atomic E-state index is 0.167. The van der Waals surface area contributed by atoms with E-state index in [4.69, 9.17) is 10.5 Å². The van der Waals surface area contributed by atoms with Crippen LogP contribution in [0.3, 0.4) is 0 Å². The molecule has 2 nitrogen and oxygen atoms in total. The van der Waals surface area contributed by atoms with Gasteiger partial charge in [0.25, 0.3) is 0 Å². The Morgan fingerprint density at radius 3 is 2.25 bits per heavy atom. The largest absolute Gasteiger partial charge is 0.414 e. The molecule has 0 aromatic heterocycles. The van der Waals surface area contributed by atoms with Gasteiger partial charge in [-0.25, -0.2) is 0 Å². The lowest BCUT2D eigenvalue weighted by atomic mass is 9.79. The van der Waals surface area contributed by atoms with Crippen LogP contribution in [0.5, 0.6) is 0 Å². The molecule has 0 amide bonds. The van der Waals surface area contributed by atoms with Gasteiger partial charge in [-0.3, -0.25) is 0 Å². The molecule has 0 spiro atoms. The van der Waals surface area contributed by atoms with Gasteiger partial charge in [0.2, 0.25) is 0 Å². The summed E-state index contributed by atoms with van der Waals surface area (Å²) in [6.45, 7) is 3.32. The lowest BCUT2D eigenvalue weighted by Gasteiger charge is -2.40. The highest BCUT2D eigenvalue weighted by atomic mass is 19.4. The molecule has 1 atom stereocenters. The molecule has 0 saturated heterocycles. The van der Waals surface area contributed by atoms with Crippen LogP contribution in [0, 0.1) is 5.92 Å². The SMILES string of the molecule is CC1CCC(CN)(OC(C)C(F)(F)F)CC1. The fraction of sp³-hybridized carbons (Fsp3) is 1.00. The first-order valence-corrected chi connectivity index (χ1v) is 5.74. The van der Waals surface area contributed by atoms with Gasteiger partial charge in [-0.1, -0.05) is 6.92 Å². The normalized spacial score (nSPS) is 33.8. The van der Waals surface area contributed by atoms with Gasteiger partial charge in [0.05, 0.1) is 5.60 Å². The van der Waals surface area contributed by atoms with E-state index in [-0.39, 0.29) is 6.54 Å². The molecule has 1 rings (SSSR count). The first-order chi connectivity index (χ1) is 7.29. The average Bonchev–Trinajstić information content (AvgIpc) is 2.20. The molecule has 2 N–H and O–H groups in total. The van der Waals surface area contributed by atoms with Gasteiger partial charge in [0.15, 0.2) is 6.10 Å². The maximum absolute atomic E-state index is 12.4. The topological polar surface area (TPSA) is 35.2 Å². The van der Waals surface area contributed by atoms with Gasteiger partial charge in [-0.05, 0) is 38.5 Å². The van der Waals surface area contributed by atoms with Crippen LogP contribution in [0.4, 0.5) is 13.2 Å². The van der Waals surface area contributed by atoms with Crippen molar-refractivity contribution in [1.82, 2.24) is 0 Å². The fourth-order valence-corrected chi connectivity index (χ4v) is 2.10. The summed E-state index contributed by atoms with van der Waals surface area (Å²) in [6.07, 6.45) is -2.99. The third kappa shape index (κ3) is 3.35. The van der Waals surface area contributed by atoms with Gasteiger partial charge in [-0.15, -0.1) is 0 Å². The number of alkyl halides is 3. The van der Waals surface area contributed by atoms with Crippen molar-refractivity contribution >= 4 is 0 Å². The fourth-order valence-electron chi connectivity index (χ4n) is 2.10. The molecule has 1 aliphatic rings. The molecule has 0 aliphatic heterocycles. The van der Waals surface area contributed by atoms with E-state index in [0.717, 1.165) is 19.8 Å². The standard InChI is InChI=1S/C11H20F3NO/c1-8-3-5-10(7-15,6-4-8)16-9(2)11(12,13)14/h8-9H,3-7,15H2,1-2H3. The van der Waals surface area contributed by atoms with Crippen molar-refractivity contribution in [3.63, 3.8) is 0 Å². The Bertz CT molecular complexity index is 222. The number of rotatable bonds is 3. The summed E-state index contributed by atoms with van der Waals surface area (Å²) in [5.74, 6) is 0.560. The van der Waals surface area contributed by atoms with E-state index in [1.807, 2.05) is 0 Å². The Balaban J connectivity index is 2.61. The van der Waals surface area contributed by atoms with Gasteiger partial charge < -0.3 is 10.5 Å². The Kier molecular flexibility index (Phi) is 4.23. The van der Waals surface area contributed by atoms with Crippen molar-refractivity contribution < 1.29 is 17.9 Å². The van der Waals surface area contributed by atoms with E-state index in [0.29, 0.717) is 18.8 Å². The van der Waals surface area contributed by atoms with Crippen molar-refractivity contribution in [2.75, 3.05) is 6.54 Å². The third-order valence-electron chi connectivity index (χ3n) is 3.45. The maximum atomic E-state index is 12.4. The molecular weight excluding hydrogens is 219 g/mol. The number of ether oxygens (including phenoxy) is 1. The summed E-state index contributed by atoms with van der Waals surface area (Å²) >= 11 is 0. The van der Waals surface area contributed by atoms with E-state index in [9.17, 15) is 13.2 Å². The smallest absolute Gasteiger partial charge is 0.361 e. The predicted octanol–water partition coefficient (Wildman–Crippen LogP) is 2.86. The van der Waals surface area contributed by atoms with E-state index < -0.39 is 17.9 Å². The number of halogens is 3. The zero-order chi connectivity index (χ0) is 12.4. The Hall–Kier alpha value is -0.290. The van der Waals surface area contributed by atoms with E-state index >= 15 is 0 Å². The molecule has 0 aromatic carbocycles. The summed E-state index contributed by atoms with van der Waals surface area (Å²) in [7, 11) is 0. The van der Waals surface area contributed by atoms with Crippen LogP contribution >= 0.6 is 0 Å². The van der Waals surface area contributed by atoms with Crippen LogP contribution in [0.25, 0.3) is 0 Å². The number of hydrogen-bond donors (Lipinski definition) is 1. The van der Waals surface area contributed by atoms with Crippen LogP contribution in [0.2, 0.25) is 0 Å². The van der Waals surface area contributed by atoms with Crippen LogP contribution in [0.15, 0.2) is 0 Å². The van der Waals surface area contributed by atoms with Crippen LogP contribution in [0.1, 0.15) is 39.5 Å². The Morgan fingerprint density at radius 1 is 1.38 bits per heavy atom. The van der Waals surface area contributed by atoms with Gasteiger partial charge in [0.1, 0.15) is 0 Å². The summed E-state index contributed by atoms with van der Waals surface area (Å²) in [5.41, 5.74) is 4.82. The summed E-state index contributed by atoms with van der Waals surface area (Å²) in [5, 5.41) is 0. The van der Waals surface area contributed by atoms with Crippen molar-refractivity contribution in [2.45, 2.75) is 57.4 Å². The Labute approximate surface area is 94.3 Å². The first kappa shape index (κ1) is 13.8. The Morgan fingerprint density at radius 2 is 1.88 bits per heavy atom. The maximum Gasteiger partial charge on any atom is 0.414 e. The molecule has 0 radical (unpaired) electrons. The summed E-state index contributed by atoms with van der Waals surface area (Å²) < 4.78 is 42.5. The predicted molar refractivity (Wildman–Crippen MR) is 56.0 cm³/mol. The zero-order valence-electron chi connectivity index (χ0n) is 9.81. The molecule has 1 fully saturated rings. The average molecular weight is 239 g/mol. The summed E-state index contributed by atoms with van der Waals surface area (Å²) in [4.78, 5) is 0. The van der Waals surface area contributed by atoms with Crippen LogP contribution in [-0.2, 0) is 4.74 Å².